The number of benzene rings is 2. The summed E-state index contributed by atoms with van der Waals surface area (Å²) in [6, 6.07) is 17.6. The van der Waals surface area contributed by atoms with E-state index >= 15 is 0 Å². The van der Waals surface area contributed by atoms with Crippen LogP contribution in [0.5, 0.6) is 5.75 Å². The molecule has 2 rings (SSSR count). The fraction of sp³-hybridized carbons (Fsp3) is 0.143. The minimum absolute atomic E-state index is 0.275. The van der Waals surface area contributed by atoms with Crippen LogP contribution < -0.4 is 9.50 Å². The van der Waals surface area contributed by atoms with Crippen molar-refractivity contribution in [1.82, 2.24) is 0 Å². The number of anilines is 1. The summed E-state index contributed by atoms with van der Waals surface area (Å²) < 4.78 is 26.9. The van der Waals surface area contributed by atoms with Gasteiger partial charge in [0.25, 0.3) is 0 Å². The molecule has 0 saturated heterocycles. The molecule has 4 nitrogen and oxygen atoms in total. The van der Waals surface area contributed by atoms with Gasteiger partial charge in [0.15, 0.2) is 0 Å². The first-order valence-corrected chi connectivity index (χ1v) is 7.53. The zero-order valence-electron chi connectivity index (χ0n) is 10.5. The van der Waals surface area contributed by atoms with Gasteiger partial charge in [-0.05, 0) is 17.7 Å². The van der Waals surface area contributed by atoms with Gasteiger partial charge in [-0.1, -0.05) is 30.3 Å². The quantitative estimate of drug-likeness (QED) is 0.852. The van der Waals surface area contributed by atoms with E-state index in [9.17, 15) is 8.42 Å². The summed E-state index contributed by atoms with van der Waals surface area (Å²) in [5, 5.41) is 3.16. The lowest BCUT2D eigenvalue weighted by Crippen LogP contribution is -2.06. The van der Waals surface area contributed by atoms with Crippen molar-refractivity contribution in [3.05, 3.63) is 60.2 Å². The first-order chi connectivity index (χ1) is 9.03. The molecule has 0 aliphatic rings. The molecular weight excluding hydrogens is 262 g/mol. The Bertz CT molecular complexity index is 639. The minimum atomic E-state index is -3.50. The monoisotopic (exact) mass is 276 g/mol. The van der Waals surface area contributed by atoms with E-state index in [1.807, 2.05) is 30.3 Å². The highest BCUT2D eigenvalue weighted by Crippen LogP contribution is 2.18. The van der Waals surface area contributed by atoms with Gasteiger partial charge in [0.05, 0.1) is 6.26 Å². The second-order valence-corrected chi connectivity index (χ2v) is 5.64. The van der Waals surface area contributed by atoms with Gasteiger partial charge in [0, 0.05) is 24.4 Å². The van der Waals surface area contributed by atoms with Crippen LogP contribution >= 0.6 is 0 Å². The molecule has 99 valence electrons. The highest BCUT2D eigenvalue weighted by atomic mass is 32.2. The third kappa shape index (κ3) is 4.63. The van der Waals surface area contributed by atoms with E-state index in [4.69, 9.17) is 4.18 Å². The number of nitrogens with one attached hydrogen (secondary N) is 1. The lowest BCUT2D eigenvalue weighted by Gasteiger charge is -2.08. The van der Waals surface area contributed by atoms with Gasteiger partial charge in [-0.25, -0.2) is 0 Å². The smallest absolute Gasteiger partial charge is 0.306 e. The second-order valence-electron chi connectivity index (χ2n) is 4.06. The Labute approximate surface area is 113 Å². The predicted octanol–water partition coefficient (Wildman–Crippen LogP) is 2.44. The summed E-state index contributed by atoms with van der Waals surface area (Å²) in [4.78, 5) is 0. The van der Waals surface area contributed by atoms with E-state index in [1.165, 1.54) is 0 Å². The first kappa shape index (κ1) is 13.4. The van der Waals surface area contributed by atoms with E-state index in [0.717, 1.165) is 11.8 Å². The molecule has 1 N–H and O–H groups in total. The Morgan fingerprint density at radius 2 is 1.95 bits per heavy atom. The average Bonchev–Trinajstić information content (AvgIpc) is 2.36. The van der Waals surface area contributed by atoms with Crippen molar-refractivity contribution < 1.29 is 12.6 Å². The van der Waals surface area contributed by atoms with Crippen LogP contribution in [0.25, 0.3) is 0 Å². The molecule has 0 bridgehead atoms. The minimum Gasteiger partial charge on any atom is -0.383 e. The zero-order chi connectivity index (χ0) is 13.7. The molecule has 0 aromatic heterocycles. The van der Waals surface area contributed by atoms with Crippen LogP contribution in [0.2, 0.25) is 0 Å². The van der Waals surface area contributed by atoms with E-state index in [1.54, 1.807) is 18.2 Å². The molecule has 0 aliphatic carbocycles. The highest BCUT2D eigenvalue weighted by molar-refractivity contribution is 7.86. The molecule has 5 heteroatoms. The van der Waals surface area contributed by atoms with Crippen LogP contribution in [0.15, 0.2) is 48.5 Å². The van der Waals surface area contributed by atoms with Crippen molar-refractivity contribution in [2.24, 2.45) is 0 Å². The third-order valence-corrected chi connectivity index (χ3v) is 2.84. The molecular formula is C14H14NO3S. The molecule has 19 heavy (non-hydrogen) atoms. The van der Waals surface area contributed by atoms with Gasteiger partial charge >= 0.3 is 10.1 Å². The normalized spacial score (nSPS) is 11.0. The Kier molecular flexibility index (Phi) is 4.06. The van der Waals surface area contributed by atoms with Gasteiger partial charge < -0.3 is 9.50 Å². The van der Waals surface area contributed by atoms with Crippen LogP contribution in [-0.4, -0.2) is 14.7 Å². The summed E-state index contributed by atoms with van der Waals surface area (Å²) in [6.45, 7) is 0.639. The van der Waals surface area contributed by atoms with Crippen molar-refractivity contribution in [3.63, 3.8) is 0 Å². The molecule has 0 heterocycles. The Hall–Kier alpha value is -2.01. The SMILES string of the molecule is CS(=O)(=O)Oc1cc[c]c(NCc2ccccc2)c1. The van der Waals surface area contributed by atoms with Crippen LogP contribution in [0.3, 0.4) is 0 Å². The Morgan fingerprint density at radius 3 is 2.63 bits per heavy atom. The summed E-state index contributed by atoms with van der Waals surface area (Å²) in [6.07, 6.45) is 1.01. The van der Waals surface area contributed by atoms with Crippen LogP contribution in [-0.2, 0) is 16.7 Å². The van der Waals surface area contributed by atoms with Crippen LogP contribution in [0.4, 0.5) is 5.69 Å². The number of rotatable bonds is 5. The summed E-state index contributed by atoms with van der Waals surface area (Å²) >= 11 is 0. The maximum Gasteiger partial charge on any atom is 0.306 e. The average molecular weight is 276 g/mol. The first-order valence-electron chi connectivity index (χ1n) is 5.72. The lowest BCUT2D eigenvalue weighted by atomic mass is 10.2. The van der Waals surface area contributed by atoms with Crippen molar-refractivity contribution in [3.8, 4) is 5.75 Å². The van der Waals surface area contributed by atoms with E-state index in [-0.39, 0.29) is 5.75 Å². The Balaban J connectivity index is 2.03. The highest BCUT2D eigenvalue weighted by Gasteiger charge is 2.04. The summed E-state index contributed by atoms with van der Waals surface area (Å²) in [5.74, 6) is 0.275. The van der Waals surface area contributed by atoms with Crippen molar-refractivity contribution in [2.75, 3.05) is 11.6 Å². The molecule has 0 fully saturated rings. The number of hydrogen-bond acceptors (Lipinski definition) is 4. The lowest BCUT2D eigenvalue weighted by molar-refractivity contribution is 0.493. The molecule has 2 aromatic rings. The molecule has 1 radical (unpaired) electrons. The fourth-order valence-electron chi connectivity index (χ4n) is 1.57. The maximum absolute atomic E-state index is 11.0. The molecule has 0 atom stereocenters. The molecule has 0 aliphatic heterocycles. The largest absolute Gasteiger partial charge is 0.383 e. The van der Waals surface area contributed by atoms with Crippen molar-refractivity contribution >= 4 is 15.8 Å². The predicted molar refractivity (Wildman–Crippen MR) is 74.5 cm³/mol. The summed E-state index contributed by atoms with van der Waals surface area (Å²) in [5.41, 5.74) is 1.82. The van der Waals surface area contributed by atoms with E-state index in [2.05, 4.69) is 11.4 Å². The second kappa shape index (κ2) is 5.75. The number of hydrogen-bond donors (Lipinski definition) is 1. The van der Waals surface area contributed by atoms with E-state index in [0.29, 0.717) is 12.2 Å². The fourth-order valence-corrected chi connectivity index (χ4v) is 2.02. The molecule has 0 unspecified atom stereocenters. The van der Waals surface area contributed by atoms with Crippen molar-refractivity contribution in [2.45, 2.75) is 6.54 Å². The molecule has 2 aromatic carbocycles. The van der Waals surface area contributed by atoms with Gasteiger partial charge in [0.1, 0.15) is 5.75 Å². The summed E-state index contributed by atoms with van der Waals surface area (Å²) in [7, 11) is -3.50. The molecule has 0 saturated carbocycles. The van der Waals surface area contributed by atoms with Gasteiger partial charge in [0.2, 0.25) is 0 Å². The molecule has 0 amide bonds. The third-order valence-electron chi connectivity index (χ3n) is 2.35. The van der Waals surface area contributed by atoms with Crippen LogP contribution in [0, 0.1) is 6.07 Å². The van der Waals surface area contributed by atoms with Crippen molar-refractivity contribution in [1.29, 1.82) is 0 Å². The molecule has 0 spiro atoms. The van der Waals surface area contributed by atoms with Gasteiger partial charge in [-0.15, -0.1) is 0 Å². The standard InChI is InChI=1S/C14H14NO3S/c1-19(16,17)18-14-9-5-8-13(10-14)15-11-12-6-3-2-4-7-12/h2-7,9-10,15H,11H2,1H3. The Morgan fingerprint density at radius 1 is 1.21 bits per heavy atom. The zero-order valence-corrected chi connectivity index (χ0v) is 11.3. The van der Waals surface area contributed by atoms with E-state index < -0.39 is 10.1 Å². The topological polar surface area (TPSA) is 55.4 Å². The van der Waals surface area contributed by atoms with Gasteiger partial charge in [-0.2, -0.15) is 8.42 Å². The van der Waals surface area contributed by atoms with Crippen LogP contribution in [0.1, 0.15) is 5.56 Å². The maximum atomic E-state index is 11.0. The van der Waals surface area contributed by atoms with Gasteiger partial charge in [-0.3, -0.25) is 0 Å².